The van der Waals surface area contributed by atoms with Crippen LogP contribution in [0.4, 0.5) is 11.4 Å². The van der Waals surface area contributed by atoms with E-state index in [4.69, 9.17) is 0 Å². The smallest absolute Gasteiger partial charge is 0.256 e. The molecule has 0 aromatic heterocycles. The van der Waals surface area contributed by atoms with E-state index in [2.05, 4.69) is 41.4 Å². The first-order valence-electron chi connectivity index (χ1n) is 11.7. The molecule has 0 radical (unpaired) electrons. The number of aliphatic carboxylic acids is 1. The molecule has 7 nitrogen and oxygen atoms in total. The summed E-state index contributed by atoms with van der Waals surface area (Å²) in [5.74, 6) is -3.07. The molecule has 0 bridgehead atoms. The molecule has 1 aliphatic heterocycles. The molecule has 1 saturated heterocycles. The number of piperazine rings is 1. The van der Waals surface area contributed by atoms with E-state index in [1.807, 2.05) is 0 Å². The van der Waals surface area contributed by atoms with Crippen molar-refractivity contribution < 1.29 is 19.5 Å². The molecule has 1 N–H and O–H groups in total. The van der Waals surface area contributed by atoms with Gasteiger partial charge in [0.05, 0.1) is 11.3 Å². The number of aryl methyl sites for hydroxylation is 1. The molecule has 2 aromatic rings. The molecule has 2 aromatic carbocycles. The second-order valence-electron chi connectivity index (χ2n) is 8.97. The Kier molecular flexibility index (Phi) is 6.96. The Balaban J connectivity index is 1.43. The van der Waals surface area contributed by atoms with E-state index < -0.39 is 17.8 Å². The van der Waals surface area contributed by atoms with Crippen molar-refractivity contribution in [3.63, 3.8) is 0 Å². The molecule has 2 amide bonds. The average Bonchev–Trinajstić information content (AvgIpc) is 2.84. The van der Waals surface area contributed by atoms with Gasteiger partial charge in [0.25, 0.3) is 5.91 Å². The number of carbonyl (C=O) groups excluding carboxylic acids is 3. The lowest BCUT2D eigenvalue weighted by Gasteiger charge is -2.36. The van der Waals surface area contributed by atoms with Gasteiger partial charge in [-0.15, -0.1) is 0 Å². The highest BCUT2D eigenvalue weighted by atomic mass is 16.4. The maximum Gasteiger partial charge on any atom is 0.256 e. The quantitative estimate of drug-likeness (QED) is 0.759. The van der Waals surface area contributed by atoms with Gasteiger partial charge in [0, 0.05) is 49.7 Å². The first-order valence-corrected chi connectivity index (χ1v) is 11.7. The van der Waals surface area contributed by atoms with Crippen LogP contribution in [0.25, 0.3) is 0 Å². The van der Waals surface area contributed by atoms with Gasteiger partial charge in [-0.1, -0.05) is 42.7 Å². The number of rotatable bonds is 5. The van der Waals surface area contributed by atoms with Crippen molar-refractivity contribution in [1.82, 2.24) is 4.90 Å². The van der Waals surface area contributed by atoms with Crippen LogP contribution >= 0.6 is 0 Å². The number of carboxylic acids is 1. The Labute approximate surface area is 194 Å². The summed E-state index contributed by atoms with van der Waals surface area (Å²) in [7, 11) is 0. The maximum absolute atomic E-state index is 13.3. The zero-order valence-electron chi connectivity index (χ0n) is 19.0. The number of para-hydroxylation sites is 1. The summed E-state index contributed by atoms with van der Waals surface area (Å²) < 4.78 is 0. The molecular formula is C26H30N3O4-. The number of nitrogens with one attached hydrogen (secondary N) is 1. The number of amides is 2. The SMILES string of the molecule is Cc1ccc(N2CCN(C(=O)c3ccccc3NC(=O)[C@@H]3CCCC[C@H]3C(=O)[O-])CC2)cc1. The Bertz CT molecular complexity index is 1010. The average molecular weight is 449 g/mol. The van der Waals surface area contributed by atoms with Crippen LogP contribution < -0.4 is 15.3 Å². The number of carbonyl (C=O) groups is 3. The van der Waals surface area contributed by atoms with Crippen LogP contribution in [0.15, 0.2) is 48.5 Å². The predicted molar refractivity (Wildman–Crippen MR) is 125 cm³/mol. The Hall–Kier alpha value is -3.35. The first-order chi connectivity index (χ1) is 15.9. The summed E-state index contributed by atoms with van der Waals surface area (Å²) in [6.45, 7) is 4.70. The highest BCUT2D eigenvalue weighted by Crippen LogP contribution is 2.31. The van der Waals surface area contributed by atoms with E-state index in [0.717, 1.165) is 31.6 Å². The first kappa shape index (κ1) is 22.8. The summed E-state index contributed by atoms with van der Waals surface area (Å²) in [5, 5.41) is 14.3. The molecule has 2 fully saturated rings. The van der Waals surface area contributed by atoms with Crippen molar-refractivity contribution in [3.8, 4) is 0 Å². The summed E-state index contributed by atoms with van der Waals surface area (Å²) in [5.41, 5.74) is 3.22. The minimum Gasteiger partial charge on any atom is -0.550 e. The number of carboxylic acid groups (broad SMARTS) is 1. The number of benzene rings is 2. The van der Waals surface area contributed by atoms with Crippen LogP contribution in [0.1, 0.15) is 41.6 Å². The zero-order chi connectivity index (χ0) is 23.4. The van der Waals surface area contributed by atoms with Gasteiger partial charge in [-0.3, -0.25) is 9.59 Å². The summed E-state index contributed by atoms with van der Waals surface area (Å²) in [6, 6.07) is 15.3. The minimum absolute atomic E-state index is 0.130. The second-order valence-corrected chi connectivity index (χ2v) is 8.97. The van der Waals surface area contributed by atoms with Crippen molar-refractivity contribution in [3.05, 3.63) is 59.7 Å². The molecule has 2 atom stereocenters. The van der Waals surface area contributed by atoms with E-state index in [-0.39, 0.29) is 11.8 Å². The lowest BCUT2D eigenvalue weighted by molar-refractivity contribution is -0.313. The van der Waals surface area contributed by atoms with Crippen molar-refractivity contribution in [2.75, 3.05) is 36.4 Å². The van der Waals surface area contributed by atoms with Crippen LogP contribution in [0.2, 0.25) is 0 Å². The van der Waals surface area contributed by atoms with Crippen molar-refractivity contribution in [2.45, 2.75) is 32.6 Å². The molecule has 174 valence electrons. The molecule has 1 saturated carbocycles. The maximum atomic E-state index is 13.3. The summed E-state index contributed by atoms with van der Waals surface area (Å²) in [6.07, 6.45) is 2.56. The summed E-state index contributed by atoms with van der Waals surface area (Å²) in [4.78, 5) is 41.8. The lowest BCUT2D eigenvalue weighted by Crippen LogP contribution is -2.49. The molecule has 0 unspecified atom stereocenters. The van der Waals surface area contributed by atoms with Crippen molar-refractivity contribution in [2.24, 2.45) is 11.8 Å². The Morgan fingerprint density at radius 1 is 0.879 bits per heavy atom. The molecule has 7 heteroatoms. The normalized spacial score (nSPS) is 20.9. The van der Waals surface area contributed by atoms with Crippen molar-refractivity contribution in [1.29, 1.82) is 0 Å². The van der Waals surface area contributed by atoms with E-state index in [1.165, 1.54) is 5.56 Å². The van der Waals surface area contributed by atoms with Crippen LogP contribution in [0, 0.1) is 18.8 Å². The van der Waals surface area contributed by atoms with Crippen LogP contribution in [-0.2, 0) is 9.59 Å². The van der Waals surface area contributed by atoms with Crippen molar-refractivity contribution >= 4 is 29.2 Å². The number of hydrogen-bond acceptors (Lipinski definition) is 5. The fourth-order valence-electron chi connectivity index (χ4n) is 4.82. The van der Waals surface area contributed by atoms with Crippen LogP contribution in [-0.4, -0.2) is 48.9 Å². The topological polar surface area (TPSA) is 92.8 Å². The van der Waals surface area contributed by atoms with E-state index in [0.29, 0.717) is 37.2 Å². The summed E-state index contributed by atoms with van der Waals surface area (Å²) >= 11 is 0. The van der Waals surface area contributed by atoms with E-state index in [1.54, 1.807) is 29.2 Å². The number of nitrogens with zero attached hydrogens (tertiary/aromatic N) is 2. The monoisotopic (exact) mass is 448 g/mol. The van der Waals surface area contributed by atoms with Gasteiger partial charge in [0.15, 0.2) is 0 Å². The van der Waals surface area contributed by atoms with Crippen LogP contribution in [0.3, 0.4) is 0 Å². The van der Waals surface area contributed by atoms with Crippen LogP contribution in [0.5, 0.6) is 0 Å². The fraction of sp³-hybridized carbons (Fsp3) is 0.423. The van der Waals surface area contributed by atoms with Gasteiger partial charge < -0.3 is 25.0 Å². The van der Waals surface area contributed by atoms with Gasteiger partial charge in [-0.05, 0) is 44.0 Å². The van der Waals surface area contributed by atoms with E-state index in [9.17, 15) is 19.5 Å². The molecule has 2 aliphatic rings. The third-order valence-corrected chi connectivity index (χ3v) is 6.79. The second kappa shape index (κ2) is 10.1. The van der Waals surface area contributed by atoms with Gasteiger partial charge in [-0.25, -0.2) is 0 Å². The molecule has 0 spiro atoms. The fourth-order valence-corrected chi connectivity index (χ4v) is 4.82. The molecular weight excluding hydrogens is 418 g/mol. The number of hydrogen-bond donors (Lipinski definition) is 1. The van der Waals surface area contributed by atoms with E-state index >= 15 is 0 Å². The molecule has 4 rings (SSSR count). The number of anilines is 2. The standard InChI is InChI=1S/C26H31N3O4/c1-18-10-12-19(13-11-18)28-14-16-29(17-15-28)25(31)22-8-4-5-9-23(22)27-24(30)20-6-2-3-7-21(20)26(32)33/h4-5,8-13,20-21H,2-3,6-7,14-17H2,1H3,(H,27,30)(H,32,33)/p-1/t20-,21-/m1/s1. The highest BCUT2D eigenvalue weighted by molar-refractivity contribution is 6.04. The zero-order valence-corrected chi connectivity index (χ0v) is 19.0. The molecule has 1 aliphatic carbocycles. The Morgan fingerprint density at radius 2 is 1.52 bits per heavy atom. The van der Waals surface area contributed by atoms with Gasteiger partial charge >= 0.3 is 0 Å². The lowest BCUT2D eigenvalue weighted by atomic mass is 9.78. The largest absolute Gasteiger partial charge is 0.550 e. The van der Waals surface area contributed by atoms with Gasteiger partial charge in [-0.2, -0.15) is 0 Å². The predicted octanol–water partition coefficient (Wildman–Crippen LogP) is 2.45. The highest BCUT2D eigenvalue weighted by Gasteiger charge is 2.32. The molecule has 1 heterocycles. The van der Waals surface area contributed by atoms with Gasteiger partial charge in [0.2, 0.25) is 5.91 Å². The third-order valence-electron chi connectivity index (χ3n) is 6.79. The third kappa shape index (κ3) is 5.18. The minimum atomic E-state index is -1.18. The van der Waals surface area contributed by atoms with Gasteiger partial charge in [0.1, 0.15) is 0 Å². The Morgan fingerprint density at radius 3 is 2.18 bits per heavy atom. The molecule has 33 heavy (non-hydrogen) atoms.